The summed E-state index contributed by atoms with van der Waals surface area (Å²) in [6.45, 7) is 0. The van der Waals surface area contributed by atoms with Gasteiger partial charge in [-0.05, 0) is 42.9 Å². The Labute approximate surface area is 134 Å². The van der Waals surface area contributed by atoms with E-state index in [0.717, 1.165) is 32.1 Å². The third-order valence-electron chi connectivity index (χ3n) is 6.58. The Balaban J connectivity index is 1.92. The van der Waals surface area contributed by atoms with Crippen LogP contribution in [-0.4, -0.2) is 33.2 Å². The number of hydrogen-bond donors (Lipinski definition) is 3. The molecule has 0 aromatic heterocycles. The van der Waals surface area contributed by atoms with Crippen LogP contribution in [0.5, 0.6) is 0 Å². The van der Waals surface area contributed by atoms with Crippen LogP contribution in [-0.2, 0) is 14.4 Å². The molecule has 3 fully saturated rings. The summed E-state index contributed by atoms with van der Waals surface area (Å²) >= 11 is 0. The van der Waals surface area contributed by atoms with Crippen LogP contribution >= 0.6 is 0 Å². The number of rotatable bonds is 3. The van der Waals surface area contributed by atoms with Gasteiger partial charge >= 0.3 is 17.9 Å². The fraction of sp³-hybridized carbons (Fsp3) is 0.824. The lowest BCUT2D eigenvalue weighted by molar-refractivity contribution is -0.174. The first kappa shape index (κ1) is 16.3. The highest BCUT2D eigenvalue weighted by atomic mass is 16.4. The zero-order valence-corrected chi connectivity index (χ0v) is 13.1. The Kier molecular flexibility index (Phi) is 4.34. The lowest BCUT2D eigenvalue weighted by atomic mass is 9.53. The maximum Gasteiger partial charge on any atom is 0.308 e. The van der Waals surface area contributed by atoms with E-state index in [1.165, 1.54) is 6.42 Å². The molecule has 7 atom stereocenters. The molecule has 0 heterocycles. The number of carbonyl (C=O) groups is 3. The van der Waals surface area contributed by atoms with Gasteiger partial charge in [0.05, 0.1) is 17.8 Å². The van der Waals surface area contributed by atoms with Crippen molar-refractivity contribution in [2.75, 3.05) is 0 Å². The molecule has 3 N–H and O–H groups in total. The largest absolute Gasteiger partial charge is 0.481 e. The predicted molar refractivity (Wildman–Crippen MR) is 79.7 cm³/mol. The van der Waals surface area contributed by atoms with Crippen LogP contribution in [0.4, 0.5) is 0 Å². The molecule has 0 amide bonds. The van der Waals surface area contributed by atoms with Gasteiger partial charge in [0.15, 0.2) is 0 Å². The Morgan fingerprint density at radius 3 is 1.74 bits per heavy atom. The van der Waals surface area contributed by atoms with Gasteiger partial charge in [-0.1, -0.05) is 25.7 Å². The average molecular weight is 324 g/mol. The molecule has 0 aromatic rings. The van der Waals surface area contributed by atoms with Gasteiger partial charge < -0.3 is 15.3 Å². The summed E-state index contributed by atoms with van der Waals surface area (Å²) in [5.74, 6) is -6.18. The zero-order chi connectivity index (χ0) is 16.7. The summed E-state index contributed by atoms with van der Waals surface area (Å²) in [6.07, 6.45) is 6.53. The van der Waals surface area contributed by atoms with E-state index < -0.39 is 35.7 Å². The van der Waals surface area contributed by atoms with Gasteiger partial charge in [-0.15, -0.1) is 0 Å². The summed E-state index contributed by atoms with van der Waals surface area (Å²) in [7, 11) is 0. The lowest BCUT2D eigenvalue weighted by Gasteiger charge is -2.50. The molecule has 6 heteroatoms. The number of carboxylic acid groups (broad SMARTS) is 3. The highest BCUT2D eigenvalue weighted by Gasteiger charge is 2.56. The highest BCUT2D eigenvalue weighted by molar-refractivity contribution is 5.86. The zero-order valence-electron chi connectivity index (χ0n) is 13.1. The van der Waals surface area contributed by atoms with Crippen molar-refractivity contribution in [2.24, 2.45) is 41.4 Å². The predicted octanol–water partition coefficient (Wildman–Crippen LogP) is 2.33. The first-order chi connectivity index (χ1) is 10.9. The van der Waals surface area contributed by atoms with Crippen LogP contribution in [0.25, 0.3) is 0 Å². The minimum atomic E-state index is -1.31. The van der Waals surface area contributed by atoms with Gasteiger partial charge in [0.1, 0.15) is 0 Å². The molecule has 3 rings (SSSR count). The van der Waals surface area contributed by atoms with E-state index in [0.29, 0.717) is 18.3 Å². The maximum absolute atomic E-state index is 11.8. The number of aliphatic carboxylic acids is 3. The second-order valence-electron chi connectivity index (χ2n) is 7.61. The molecule has 128 valence electrons. The van der Waals surface area contributed by atoms with Crippen molar-refractivity contribution >= 4 is 17.9 Å². The molecule has 0 bridgehead atoms. The first-order valence-electron chi connectivity index (χ1n) is 8.58. The smallest absolute Gasteiger partial charge is 0.308 e. The van der Waals surface area contributed by atoms with E-state index in [4.69, 9.17) is 0 Å². The second kappa shape index (κ2) is 6.13. The van der Waals surface area contributed by atoms with E-state index in [9.17, 15) is 29.7 Å². The fourth-order valence-corrected chi connectivity index (χ4v) is 5.63. The molecule has 0 radical (unpaired) electrons. The lowest BCUT2D eigenvalue weighted by Crippen LogP contribution is -2.52. The monoisotopic (exact) mass is 324 g/mol. The van der Waals surface area contributed by atoms with Gasteiger partial charge in [-0.2, -0.15) is 0 Å². The highest BCUT2D eigenvalue weighted by Crippen LogP contribution is 2.54. The van der Waals surface area contributed by atoms with Crippen molar-refractivity contribution in [3.8, 4) is 0 Å². The van der Waals surface area contributed by atoms with Crippen molar-refractivity contribution in [1.29, 1.82) is 0 Å². The normalized spacial score (nSPS) is 43.0. The molecular formula is C17H24O6. The molecule has 0 spiro atoms. The molecule has 0 aromatic carbocycles. The SMILES string of the molecule is O=C(O)C1CC2CC3CCCCC3CC2C(C(=O)O)C1C(=O)O. The molecule has 0 saturated heterocycles. The number of hydrogen-bond acceptors (Lipinski definition) is 3. The van der Waals surface area contributed by atoms with E-state index in [2.05, 4.69) is 0 Å². The van der Waals surface area contributed by atoms with Crippen molar-refractivity contribution in [2.45, 2.75) is 44.9 Å². The number of carboxylic acids is 3. The molecule has 3 aliphatic rings. The van der Waals surface area contributed by atoms with Gasteiger partial charge in [0.25, 0.3) is 0 Å². The van der Waals surface area contributed by atoms with E-state index >= 15 is 0 Å². The second-order valence-corrected chi connectivity index (χ2v) is 7.61. The molecule has 0 aliphatic heterocycles. The van der Waals surface area contributed by atoms with E-state index in [-0.39, 0.29) is 11.8 Å². The number of fused-ring (bicyclic) bond motifs is 2. The Morgan fingerprint density at radius 2 is 1.22 bits per heavy atom. The van der Waals surface area contributed by atoms with Crippen LogP contribution in [0.3, 0.4) is 0 Å². The average Bonchev–Trinajstić information content (AvgIpc) is 2.50. The van der Waals surface area contributed by atoms with E-state index in [1.54, 1.807) is 0 Å². The van der Waals surface area contributed by atoms with Crippen LogP contribution in [0.15, 0.2) is 0 Å². The Bertz CT molecular complexity index is 515. The Hall–Kier alpha value is -1.59. The fourth-order valence-electron chi connectivity index (χ4n) is 5.63. The van der Waals surface area contributed by atoms with Gasteiger partial charge in [-0.3, -0.25) is 14.4 Å². The van der Waals surface area contributed by atoms with Crippen molar-refractivity contribution in [3.63, 3.8) is 0 Å². The molecule has 23 heavy (non-hydrogen) atoms. The van der Waals surface area contributed by atoms with Gasteiger partial charge in [-0.25, -0.2) is 0 Å². The minimum Gasteiger partial charge on any atom is -0.481 e. The van der Waals surface area contributed by atoms with Crippen molar-refractivity contribution in [1.82, 2.24) is 0 Å². The van der Waals surface area contributed by atoms with Crippen LogP contribution < -0.4 is 0 Å². The summed E-state index contributed by atoms with van der Waals surface area (Å²) < 4.78 is 0. The van der Waals surface area contributed by atoms with Crippen molar-refractivity contribution in [3.05, 3.63) is 0 Å². The first-order valence-corrected chi connectivity index (χ1v) is 8.58. The molecule has 3 aliphatic carbocycles. The summed E-state index contributed by atoms with van der Waals surface area (Å²) in [4.78, 5) is 34.9. The van der Waals surface area contributed by atoms with Crippen LogP contribution in [0, 0.1) is 41.4 Å². The summed E-state index contributed by atoms with van der Waals surface area (Å²) in [5, 5.41) is 28.5. The van der Waals surface area contributed by atoms with Gasteiger partial charge in [0, 0.05) is 0 Å². The third kappa shape index (κ3) is 2.83. The maximum atomic E-state index is 11.8. The van der Waals surface area contributed by atoms with Gasteiger partial charge in [0.2, 0.25) is 0 Å². The van der Waals surface area contributed by atoms with E-state index in [1.807, 2.05) is 0 Å². The standard InChI is InChI=1S/C17H24O6/c18-15(19)12-7-10-5-8-3-1-2-4-9(8)6-11(10)13(16(20)21)14(12)17(22)23/h8-14H,1-7H2,(H,18,19)(H,20,21)(H,22,23). The quantitative estimate of drug-likeness (QED) is 0.734. The Morgan fingerprint density at radius 1 is 0.652 bits per heavy atom. The minimum absolute atomic E-state index is 0.0344. The third-order valence-corrected chi connectivity index (χ3v) is 6.58. The summed E-state index contributed by atoms with van der Waals surface area (Å²) in [5.41, 5.74) is 0. The summed E-state index contributed by atoms with van der Waals surface area (Å²) in [6, 6.07) is 0. The van der Waals surface area contributed by atoms with Crippen LogP contribution in [0.2, 0.25) is 0 Å². The van der Waals surface area contributed by atoms with Crippen molar-refractivity contribution < 1.29 is 29.7 Å². The van der Waals surface area contributed by atoms with Crippen LogP contribution in [0.1, 0.15) is 44.9 Å². The molecule has 7 unspecified atom stereocenters. The molecular weight excluding hydrogens is 300 g/mol. The molecule has 3 saturated carbocycles. The molecule has 6 nitrogen and oxygen atoms in total. The topological polar surface area (TPSA) is 112 Å².